The van der Waals surface area contributed by atoms with Crippen molar-refractivity contribution in [2.45, 2.75) is 26.8 Å². The SMILES string of the molecule is Cc1ccc(-c2csc3ncn(CCC(=O)N(c4ccccc4)c4nc(C)cs4)c(=O)c23)cc1. The normalized spacial score (nSPS) is 11.1. The van der Waals surface area contributed by atoms with Crippen LogP contribution in [0, 0.1) is 13.8 Å². The van der Waals surface area contributed by atoms with Gasteiger partial charge in [-0.2, -0.15) is 0 Å². The van der Waals surface area contributed by atoms with Crippen LogP contribution in [-0.2, 0) is 11.3 Å². The van der Waals surface area contributed by atoms with Gasteiger partial charge in [0.05, 0.1) is 23.1 Å². The smallest absolute Gasteiger partial charge is 0.262 e. The molecule has 0 atom stereocenters. The minimum absolute atomic E-state index is 0.128. The summed E-state index contributed by atoms with van der Waals surface area (Å²) in [4.78, 5) is 38.0. The number of thiophene rings is 1. The van der Waals surface area contributed by atoms with E-state index < -0.39 is 0 Å². The van der Waals surface area contributed by atoms with E-state index in [-0.39, 0.29) is 24.4 Å². The second-order valence-electron chi connectivity index (χ2n) is 8.02. The molecule has 0 saturated carbocycles. The first kappa shape index (κ1) is 22.2. The molecule has 0 radical (unpaired) electrons. The quantitative estimate of drug-likeness (QED) is 0.297. The van der Waals surface area contributed by atoms with Gasteiger partial charge < -0.3 is 0 Å². The van der Waals surface area contributed by atoms with Crippen LogP contribution in [0.4, 0.5) is 10.8 Å². The Morgan fingerprint density at radius 3 is 2.47 bits per heavy atom. The van der Waals surface area contributed by atoms with Crippen molar-refractivity contribution in [3.63, 3.8) is 0 Å². The van der Waals surface area contributed by atoms with E-state index in [1.807, 2.05) is 79.2 Å². The van der Waals surface area contributed by atoms with Crippen LogP contribution in [0.2, 0.25) is 0 Å². The van der Waals surface area contributed by atoms with Crippen molar-refractivity contribution in [3.8, 4) is 11.1 Å². The third kappa shape index (κ3) is 4.30. The van der Waals surface area contributed by atoms with Gasteiger partial charge in [0.25, 0.3) is 5.56 Å². The molecular formula is C26H22N4O2S2. The van der Waals surface area contributed by atoms with Gasteiger partial charge in [0.2, 0.25) is 5.91 Å². The number of aromatic nitrogens is 3. The molecule has 3 aromatic heterocycles. The zero-order valence-electron chi connectivity index (χ0n) is 18.8. The maximum absolute atomic E-state index is 13.4. The first-order valence-electron chi connectivity index (χ1n) is 10.8. The van der Waals surface area contributed by atoms with Crippen molar-refractivity contribution in [1.82, 2.24) is 14.5 Å². The molecule has 0 spiro atoms. The van der Waals surface area contributed by atoms with E-state index in [2.05, 4.69) is 9.97 Å². The van der Waals surface area contributed by atoms with Crippen molar-refractivity contribution < 1.29 is 4.79 Å². The third-order valence-electron chi connectivity index (χ3n) is 5.55. The molecule has 3 heterocycles. The van der Waals surface area contributed by atoms with Crippen LogP contribution in [0.15, 0.2) is 76.5 Å². The highest BCUT2D eigenvalue weighted by atomic mass is 32.1. The van der Waals surface area contributed by atoms with Gasteiger partial charge in [0.15, 0.2) is 5.13 Å². The topological polar surface area (TPSA) is 68.1 Å². The molecule has 0 saturated heterocycles. The predicted molar refractivity (Wildman–Crippen MR) is 139 cm³/mol. The van der Waals surface area contributed by atoms with Crippen molar-refractivity contribution in [2.24, 2.45) is 0 Å². The van der Waals surface area contributed by atoms with Gasteiger partial charge in [-0.25, -0.2) is 9.97 Å². The van der Waals surface area contributed by atoms with E-state index in [1.165, 1.54) is 33.6 Å². The molecular weight excluding hydrogens is 464 g/mol. The van der Waals surface area contributed by atoms with E-state index in [0.29, 0.717) is 15.3 Å². The molecule has 0 fully saturated rings. The molecule has 5 aromatic rings. The number of nitrogens with zero attached hydrogens (tertiary/aromatic N) is 4. The van der Waals surface area contributed by atoms with E-state index in [9.17, 15) is 9.59 Å². The fourth-order valence-electron chi connectivity index (χ4n) is 3.78. The predicted octanol–water partition coefficient (Wildman–Crippen LogP) is 5.95. The molecule has 0 bridgehead atoms. The third-order valence-corrected chi connectivity index (χ3v) is 7.38. The van der Waals surface area contributed by atoms with Crippen LogP contribution in [0.1, 0.15) is 17.7 Å². The van der Waals surface area contributed by atoms with Crippen LogP contribution < -0.4 is 10.5 Å². The van der Waals surface area contributed by atoms with Gasteiger partial charge in [-0.05, 0) is 31.5 Å². The Hall–Kier alpha value is -3.62. The van der Waals surface area contributed by atoms with Gasteiger partial charge in [0.1, 0.15) is 4.83 Å². The molecule has 0 N–H and O–H groups in total. The number of fused-ring (bicyclic) bond motifs is 1. The number of rotatable bonds is 6. The molecule has 2 aromatic carbocycles. The molecule has 0 aliphatic heterocycles. The Balaban J connectivity index is 1.44. The molecule has 34 heavy (non-hydrogen) atoms. The van der Waals surface area contributed by atoms with E-state index in [0.717, 1.165) is 28.1 Å². The van der Waals surface area contributed by atoms with Gasteiger partial charge in [-0.15, -0.1) is 22.7 Å². The average Bonchev–Trinajstić information content (AvgIpc) is 3.47. The van der Waals surface area contributed by atoms with Crippen LogP contribution in [0.5, 0.6) is 0 Å². The summed E-state index contributed by atoms with van der Waals surface area (Å²) in [7, 11) is 0. The standard InChI is InChI=1S/C26H22N4O2S2/c1-17-8-10-19(11-9-17)21-15-33-24-23(21)25(32)29(16-27-24)13-12-22(31)30(20-6-4-3-5-7-20)26-28-18(2)14-34-26/h3-11,14-16H,12-13H2,1-2H3. The lowest BCUT2D eigenvalue weighted by Crippen LogP contribution is -2.29. The Morgan fingerprint density at radius 2 is 1.76 bits per heavy atom. The summed E-state index contributed by atoms with van der Waals surface area (Å²) in [6.45, 7) is 4.17. The van der Waals surface area contributed by atoms with Gasteiger partial charge in [-0.1, -0.05) is 48.0 Å². The molecule has 6 nitrogen and oxygen atoms in total. The summed E-state index contributed by atoms with van der Waals surface area (Å²) in [6.07, 6.45) is 1.68. The fraction of sp³-hybridized carbons (Fsp3) is 0.154. The van der Waals surface area contributed by atoms with Crippen molar-refractivity contribution in [3.05, 3.63) is 93.3 Å². The number of carbonyl (C=O) groups excluding carboxylic acids is 1. The highest BCUT2D eigenvalue weighted by Gasteiger charge is 2.21. The van der Waals surface area contributed by atoms with Crippen LogP contribution in [0.3, 0.4) is 0 Å². The summed E-state index contributed by atoms with van der Waals surface area (Å²) in [5.41, 5.74) is 4.51. The fourth-order valence-corrected chi connectivity index (χ4v) is 5.53. The first-order chi connectivity index (χ1) is 16.5. The Kier molecular flexibility index (Phi) is 6.08. The number of para-hydroxylation sites is 1. The number of anilines is 2. The minimum Gasteiger partial charge on any atom is -0.298 e. The summed E-state index contributed by atoms with van der Waals surface area (Å²) < 4.78 is 1.53. The van der Waals surface area contributed by atoms with Crippen molar-refractivity contribution in [2.75, 3.05) is 4.90 Å². The number of hydrogen-bond acceptors (Lipinski definition) is 6. The second kappa shape index (κ2) is 9.32. The highest BCUT2D eigenvalue weighted by Crippen LogP contribution is 2.31. The Labute approximate surface area is 204 Å². The maximum atomic E-state index is 13.4. The molecule has 1 amide bonds. The molecule has 0 aliphatic rings. The summed E-state index contributed by atoms with van der Waals surface area (Å²) in [5.74, 6) is -0.128. The zero-order chi connectivity index (χ0) is 23.7. The number of amides is 1. The number of carbonyl (C=O) groups is 1. The lowest BCUT2D eigenvalue weighted by molar-refractivity contribution is -0.118. The lowest BCUT2D eigenvalue weighted by Gasteiger charge is -2.20. The van der Waals surface area contributed by atoms with Crippen molar-refractivity contribution in [1.29, 1.82) is 0 Å². The summed E-state index contributed by atoms with van der Waals surface area (Å²) >= 11 is 2.88. The molecule has 5 rings (SSSR count). The average molecular weight is 487 g/mol. The van der Waals surface area contributed by atoms with Crippen molar-refractivity contribution >= 4 is 49.6 Å². The Morgan fingerprint density at radius 1 is 1.00 bits per heavy atom. The first-order valence-corrected chi connectivity index (χ1v) is 12.6. The highest BCUT2D eigenvalue weighted by molar-refractivity contribution is 7.17. The number of hydrogen-bond donors (Lipinski definition) is 0. The minimum atomic E-state index is -0.133. The van der Waals surface area contributed by atoms with Crippen LogP contribution in [0.25, 0.3) is 21.3 Å². The van der Waals surface area contributed by atoms with E-state index in [1.54, 1.807) is 4.90 Å². The summed E-state index contributed by atoms with van der Waals surface area (Å²) in [5, 5.41) is 5.11. The molecule has 0 aliphatic carbocycles. The second-order valence-corrected chi connectivity index (χ2v) is 9.72. The monoisotopic (exact) mass is 486 g/mol. The lowest BCUT2D eigenvalue weighted by atomic mass is 10.1. The Bertz CT molecular complexity index is 1520. The maximum Gasteiger partial charge on any atom is 0.262 e. The van der Waals surface area contributed by atoms with Gasteiger partial charge >= 0.3 is 0 Å². The van der Waals surface area contributed by atoms with Gasteiger partial charge in [-0.3, -0.25) is 19.1 Å². The summed E-state index contributed by atoms with van der Waals surface area (Å²) in [6, 6.07) is 17.6. The zero-order valence-corrected chi connectivity index (χ0v) is 20.4. The van der Waals surface area contributed by atoms with Crippen LogP contribution >= 0.6 is 22.7 Å². The number of benzene rings is 2. The largest absolute Gasteiger partial charge is 0.298 e. The van der Waals surface area contributed by atoms with E-state index in [4.69, 9.17) is 0 Å². The number of aryl methyl sites for hydroxylation is 3. The molecule has 8 heteroatoms. The molecule has 170 valence electrons. The number of thiazole rings is 1. The van der Waals surface area contributed by atoms with Gasteiger partial charge in [0, 0.05) is 29.3 Å². The molecule has 0 unspecified atom stereocenters. The van der Waals surface area contributed by atoms with E-state index >= 15 is 0 Å². The van der Waals surface area contributed by atoms with Crippen LogP contribution in [-0.4, -0.2) is 20.4 Å².